The molecule has 0 spiro atoms. The highest BCUT2D eigenvalue weighted by Gasteiger charge is 2.17. The fourth-order valence-electron chi connectivity index (χ4n) is 2.75. The van der Waals surface area contributed by atoms with Gasteiger partial charge in [0, 0.05) is 17.0 Å². The molecule has 0 saturated carbocycles. The van der Waals surface area contributed by atoms with E-state index >= 15 is 0 Å². The summed E-state index contributed by atoms with van der Waals surface area (Å²) < 4.78 is 0. The molecule has 0 aliphatic rings. The van der Waals surface area contributed by atoms with Gasteiger partial charge in [-0.2, -0.15) is 0 Å². The van der Waals surface area contributed by atoms with Crippen molar-refractivity contribution in [1.29, 1.82) is 0 Å². The second-order valence-electron chi connectivity index (χ2n) is 5.74. The number of anilines is 1. The summed E-state index contributed by atoms with van der Waals surface area (Å²) in [6.45, 7) is 6.17. The first-order chi connectivity index (χ1) is 11.6. The van der Waals surface area contributed by atoms with E-state index in [2.05, 4.69) is 34.3 Å². The minimum Gasteiger partial charge on any atom is -0.296 e. The summed E-state index contributed by atoms with van der Waals surface area (Å²) in [5.74, 6) is 0.223. The van der Waals surface area contributed by atoms with E-state index < -0.39 is 0 Å². The van der Waals surface area contributed by atoms with Crippen molar-refractivity contribution in [2.45, 2.75) is 39.5 Å². The van der Waals surface area contributed by atoms with Crippen LogP contribution in [0.4, 0.5) is 5.13 Å². The summed E-state index contributed by atoms with van der Waals surface area (Å²) >= 11 is 1.45. The maximum absolute atomic E-state index is 12.7. The van der Waals surface area contributed by atoms with Crippen LogP contribution in [0.2, 0.25) is 0 Å². The van der Waals surface area contributed by atoms with E-state index in [1.165, 1.54) is 11.3 Å². The standard InChI is InChI=1S/C18H20N4OS/c1-4-12(5-2)17-21-22-18(24-17)20-16(23)14-10-11(3)19-15-9-7-6-8-13(14)15/h6-10,12H,4-5H2,1-3H3,(H,20,22,23). The first-order valence-corrected chi connectivity index (χ1v) is 8.95. The molecule has 2 aromatic heterocycles. The van der Waals surface area contributed by atoms with Crippen molar-refractivity contribution in [2.24, 2.45) is 0 Å². The van der Waals surface area contributed by atoms with E-state index in [-0.39, 0.29) is 5.91 Å². The zero-order valence-electron chi connectivity index (χ0n) is 14.0. The van der Waals surface area contributed by atoms with E-state index in [4.69, 9.17) is 0 Å². The Balaban J connectivity index is 1.88. The number of nitrogens with zero attached hydrogens (tertiary/aromatic N) is 3. The molecule has 1 N–H and O–H groups in total. The molecule has 1 aromatic carbocycles. The molecule has 0 aliphatic heterocycles. The maximum atomic E-state index is 12.7. The minimum atomic E-state index is -0.177. The monoisotopic (exact) mass is 340 g/mol. The fourth-order valence-corrected chi connectivity index (χ4v) is 3.75. The number of aromatic nitrogens is 3. The SMILES string of the molecule is CCC(CC)c1nnc(NC(=O)c2cc(C)nc3ccccc23)s1. The van der Waals surface area contributed by atoms with Gasteiger partial charge in [-0.15, -0.1) is 10.2 Å². The normalized spacial score (nSPS) is 11.2. The second kappa shape index (κ2) is 7.05. The van der Waals surface area contributed by atoms with Gasteiger partial charge in [0.1, 0.15) is 5.01 Å². The predicted octanol–water partition coefficient (Wildman–Crippen LogP) is 4.55. The summed E-state index contributed by atoms with van der Waals surface area (Å²) in [4.78, 5) is 17.2. The van der Waals surface area contributed by atoms with Crippen LogP contribution in [0.15, 0.2) is 30.3 Å². The van der Waals surface area contributed by atoms with Gasteiger partial charge in [-0.05, 0) is 31.9 Å². The zero-order chi connectivity index (χ0) is 17.1. The van der Waals surface area contributed by atoms with Gasteiger partial charge in [0.2, 0.25) is 5.13 Å². The summed E-state index contributed by atoms with van der Waals surface area (Å²) in [7, 11) is 0. The number of carbonyl (C=O) groups is 1. The zero-order valence-corrected chi connectivity index (χ0v) is 14.9. The second-order valence-corrected chi connectivity index (χ2v) is 6.75. The number of nitrogens with one attached hydrogen (secondary N) is 1. The third kappa shape index (κ3) is 3.28. The Hall–Kier alpha value is -2.34. The van der Waals surface area contributed by atoms with Gasteiger partial charge in [0.05, 0.1) is 11.1 Å². The van der Waals surface area contributed by atoms with Crippen LogP contribution in [0.25, 0.3) is 10.9 Å². The summed E-state index contributed by atoms with van der Waals surface area (Å²) in [5.41, 5.74) is 2.24. The van der Waals surface area contributed by atoms with E-state index in [1.807, 2.05) is 31.2 Å². The van der Waals surface area contributed by atoms with Crippen LogP contribution >= 0.6 is 11.3 Å². The molecule has 0 fully saturated rings. The highest BCUT2D eigenvalue weighted by Crippen LogP contribution is 2.28. The average Bonchev–Trinajstić information content (AvgIpc) is 3.03. The van der Waals surface area contributed by atoms with Crippen LogP contribution in [0.3, 0.4) is 0 Å². The minimum absolute atomic E-state index is 0.177. The van der Waals surface area contributed by atoms with Crippen LogP contribution in [0.1, 0.15) is 53.7 Å². The maximum Gasteiger partial charge on any atom is 0.258 e. The van der Waals surface area contributed by atoms with E-state index in [9.17, 15) is 4.79 Å². The van der Waals surface area contributed by atoms with Crippen LogP contribution in [-0.2, 0) is 0 Å². The molecule has 0 bridgehead atoms. The number of fused-ring (bicyclic) bond motifs is 1. The Bertz CT molecular complexity index is 870. The number of carbonyl (C=O) groups excluding carboxylic acids is 1. The van der Waals surface area contributed by atoms with E-state index in [1.54, 1.807) is 6.07 Å². The Morgan fingerprint density at radius 3 is 2.71 bits per heavy atom. The highest BCUT2D eigenvalue weighted by atomic mass is 32.1. The lowest BCUT2D eigenvalue weighted by atomic mass is 10.1. The number of hydrogen-bond acceptors (Lipinski definition) is 5. The van der Waals surface area contributed by atoms with Crippen molar-refractivity contribution in [1.82, 2.24) is 15.2 Å². The molecular formula is C18H20N4OS. The van der Waals surface area contributed by atoms with E-state index in [0.717, 1.165) is 34.4 Å². The van der Waals surface area contributed by atoms with E-state index in [0.29, 0.717) is 16.6 Å². The van der Waals surface area contributed by atoms with Crippen molar-refractivity contribution in [3.63, 3.8) is 0 Å². The molecule has 6 heteroatoms. The molecule has 0 radical (unpaired) electrons. The number of rotatable bonds is 5. The van der Waals surface area contributed by atoms with Crippen molar-refractivity contribution < 1.29 is 4.79 Å². The van der Waals surface area contributed by atoms with Crippen molar-refractivity contribution >= 4 is 33.3 Å². The van der Waals surface area contributed by atoms with Crippen LogP contribution in [0.5, 0.6) is 0 Å². The van der Waals surface area contributed by atoms with Gasteiger partial charge in [0.15, 0.2) is 0 Å². The van der Waals surface area contributed by atoms with Gasteiger partial charge in [0.25, 0.3) is 5.91 Å². The first-order valence-electron chi connectivity index (χ1n) is 8.13. The lowest BCUT2D eigenvalue weighted by Crippen LogP contribution is -2.13. The number of pyridine rings is 1. The summed E-state index contributed by atoms with van der Waals surface area (Å²) in [6.07, 6.45) is 2.04. The van der Waals surface area contributed by atoms with Crippen molar-refractivity contribution in [3.05, 3.63) is 46.6 Å². The molecule has 3 rings (SSSR count). The average molecular weight is 340 g/mol. The third-order valence-electron chi connectivity index (χ3n) is 4.08. The Kier molecular flexibility index (Phi) is 4.85. The number of amides is 1. The number of hydrogen-bond donors (Lipinski definition) is 1. The fraction of sp³-hybridized carbons (Fsp3) is 0.333. The topological polar surface area (TPSA) is 67.8 Å². The predicted molar refractivity (Wildman–Crippen MR) is 97.7 cm³/mol. The Morgan fingerprint density at radius 2 is 1.96 bits per heavy atom. The lowest BCUT2D eigenvalue weighted by Gasteiger charge is -2.07. The van der Waals surface area contributed by atoms with Gasteiger partial charge >= 0.3 is 0 Å². The largest absolute Gasteiger partial charge is 0.296 e. The highest BCUT2D eigenvalue weighted by molar-refractivity contribution is 7.15. The van der Waals surface area contributed by atoms with Gasteiger partial charge in [-0.3, -0.25) is 15.1 Å². The van der Waals surface area contributed by atoms with Crippen LogP contribution in [0, 0.1) is 6.92 Å². The number of para-hydroxylation sites is 1. The molecule has 24 heavy (non-hydrogen) atoms. The number of benzene rings is 1. The lowest BCUT2D eigenvalue weighted by molar-refractivity contribution is 0.102. The summed E-state index contributed by atoms with van der Waals surface area (Å²) in [5, 5.41) is 13.6. The van der Waals surface area contributed by atoms with Gasteiger partial charge in [-0.25, -0.2) is 0 Å². The van der Waals surface area contributed by atoms with Gasteiger partial charge in [-0.1, -0.05) is 43.4 Å². The molecular weight excluding hydrogens is 320 g/mol. The molecule has 2 heterocycles. The van der Waals surface area contributed by atoms with Crippen molar-refractivity contribution in [2.75, 3.05) is 5.32 Å². The Labute approximate surface area is 145 Å². The summed E-state index contributed by atoms with van der Waals surface area (Å²) in [6, 6.07) is 9.46. The third-order valence-corrected chi connectivity index (χ3v) is 5.09. The van der Waals surface area contributed by atoms with Crippen LogP contribution < -0.4 is 5.32 Å². The number of aryl methyl sites for hydroxylation is 1. The van der Waals surface area contributed by atoms with Gasteiger partial charge < -0.3 is 0 Å². The van der Waals surface area contributed by atoms with Crippen LogP contribution in [-0.4, -0.2) is 21.1 Å². The molecule has 1 amide bonds. The Morgan fingerprint density at radius 1 is 1.21 bits per heavy atom. The van der Waals surface area contributed by atoms with Crippen molar-refractivity contribution in [3.8, 4) is 0 Å². The molecule has 3 aromatic rings. The molecule has 124 valence electrons. The quantitative estimate of drug-likeness (QED) is 0.740. The first kappa shape index (κ1) is 16.5. The molecule has 5 nitrogen and oxygen atoms in total. The smallest absolute Gasteiger partial charge is 0.258 e. The molecule has 0 saturated heterocycles. The molecule has 0 atom stereocenters. The molecule has 0 aliphatic carbocycles. The molecule has 0 unspecified atom stereocenters.